The monoisotopic (exact) mass is 233 g/mol. The van der Waals surface area contributed by atoms with Crippen LogP contribution in [-0.2, 0) is 4.79 Å². The van der Waals surface area contributed by atoms with Gasteiger partial charge in [0.15, 0.2) is 0 Å². The molecule has 5 heteroatoms. The van der Waals surface area contributed by atoms with Crippen LogP contribution in [-0.4, -0.2) is 11.1 Å². The largest absolute Gasteiger partial charge is 0.550 e. The van der Waals surface area contributed by atoms with Crippen molar-refractivity contribution in [3.8, 4) is 0 Å². The highest BCUT2D eigenvalue weighted by Gasteiger charge is 2.09. The number of carbonyl (C=O) groups is 1. The number of hydrogen-bond acceptors (Lipinski definition) is 3. The Morgan fingerprint density at radius 2 is 2.07 bits per heavy atom. The van der Waals surface area contributed by atoms with Gasteiger partial charge in [0.1, 0.15) is 0 Å². The average molecular weight is 234 g/mol. The Labute approximate surface area is 90.9 Å². The van der Waals surface area contributed by atoms with Crippen LogP contribution in [0.15, 0.2) is 18.2 Å². The lowest BCUT2D eigenvalue weighted by molar-refractivity contribution is -0.307. The van der Waals surface area contributed by atoms with Crippen molar-refractivity contribution >= 4 is 29.2 Å². The molecule has 76 valence electrons. The summed E-state index contributed by atoms with van der Waals surface area (Å²) in [4.78, 5) is 10.2. The number of carboxylic acids is 1. The van der Waals surface area contributed by atoms with E-state index in [1.54, 1.807) is 0 Å². The Kier molecular flexibility index (Phi) is 3.75. The molecular weight excluding hydrogens is 227 g/mol. The van der Waals surface area contributed by atoms with Crippen LogP contribution in [0.5, 0.6) is 0 Å². The van der Waals surface area contributed by atoms with E-state index >= 15 is 0 Å². The quantitative estimate of drug-likeness (QED) is 0.853. The van der Waals surface area contributed by atoms with Crippen LogP contribution in [0, 0.1) is 0 Å². The van der Waals surface area contributed by atoms with Crippen molar-refractivity contribution in [2.45, 2.75) is 12.5 Å². The molecule has 0 bridgehead atoms. The number of halogens is 2. The standard InChI is InChI=1S/C9H8Cl2O3/c10-6-2-1-5(3-7(6)11)8(12)4-9(13)14/h1-3,8,12H,4H2,(H,13,14)/p-1. The number of aliphatic hydroxyl groups is 1. The molecule has 1 N–H and O–H groups in total. The number of aliphatic hydroxyl groups excluding tert-OH is 1. The topological polar surface area (TPSA) is 60.4 Å². The van der Waals surface area contributed by atoms with E-state index in [1.165, 1.54) is 18.2 Å². The van der Waals surface area contributed by atoms with Crippen LogP contribution in [0.4, 0.5) is 0 Å². The summed E-state index contributed by atoms with van der Waals surface area (Å²) in [6.07, 6.45) is -1.58. The predicted octanol–water partition coefficient (Wildman–Crippen LogP) is 1.17. The summed E-state index contributed by atoms with van der Waals surface area (Å²) in [5.74, 6) is -1.32. The highest BCUT2D eigenvalue weighted by Crippen LogP contribution is 2.26. The van der Waals surface area contributed by atoms with Crippen molar-refractivity contribution in [3.63, 3.8) is 0 Å². The lowest BCUT2D eigenvalue weighted by atomic mass is 10.1. The van der Waals surface area contributed by atoms with Gasteiger partial charge in [-0.25, -0.2) is 0 Å². The van der Waals surface area contributed by atoms with Crippen LogP contribution in [0.3, 0.4) is 0 Å². The molecule has 0 saturated carbocycles. The van der Waals surface area contributed by atoms with Gasteiger partial charge in [-0.1, -0.05) is 29.3 Å². The average Bonchev–Trinajstić information content (AvgIpc) is 2.08. The third kappa shape index (κ3) is 2.87. The van der Waals surface area contributed by atoms with E-state index in [0.717, 1.165) is 0 Å². The Morgan fingerprint density at radius 3 is 2.57 bits per heavy atom. The van der Waals surface area contributed by atoms with E-state index < -0.39 is 18.5 Å². The number of benzene rings is 1. The minimum atomic E-state index is -1.32. The molecule has 1 rings (SSSR count). The number of carbonyl (C=O) groups excluding carboxylic acids is 1. The third-order valence-corrected chi connectivity index (χ3v) is 2.43. The van der Waals surface area contributed by atoms with Crippen LogP contribution < -0.4 is 5.11 Å². The minimum absolute atomic E-state index is 0.279. The fourth-order valence-electron chi connectivity index (χ4n) is 0.995. The molecule has 1 unspecified atom stereocenters. The van der Waals surface area contributed by atoms with Gasteiger partial charge in [0.25, 0.3) is 0 Å². The van der Waals surface area contributed by atoms with E-state index in [4.69, 9.17) is 23.2 Å². The van der Waals surface area contributed by atoms with E-state index in [1.807, 2.05) is 0 Å². The second-order valence-corrected chi connectivity index (χ2v) is 3.58. The zero-order chi connectivity index (χ0) is 10.7. The van der Waals surface area contributed by atoms with E-state index in [0.29, 0.717) is 10.6 Å². The molecule has 0 spiro atoms. The van der Waals surface area contributed by atoms with Gasteiger partial charge in [0.2, 0.25) is 0 Å². The van der Waals surface area contributed by atoms with Crippen molar-refractivity contribution in [1.29, 1.82) is 0 Å². The number of carboxylic acid groups (broad SMARTS) is 1. The molecule has 0 aliphatic heterocycles. The Balaban J connectivity index is 2.85. The van der Waals surface area contributed by atoms with Gasteiger partial charge in [-0.2, -0.15) is 0 Å². The molecule has 0 heterocycles. The Bertz CT molecular complexity index is 352. The van der Waals surface area contributed by atoms with Gasteiger partial charge < -0.3 is 15.0 Å². The fourth-order valence-corrected chi connectivity index (χ4v) is 1.30. The number of aliphatic carboxylic acids is 1. The predicted molar refractivity (Wildman–Crippen MR) is 51.0 cm³/mol. The molecule has 1 atom stereocenters. The van der Waals surface area contributed by atoms with Gasteiger partial charge in [0, 0.05) is 12.4 Å². The maximum Gasteiger partial charge on any atom is 0.0842 e. The molecule has 14 heavy (non-hydrogen) atoms. The van der Waals surface area contributed by atoms with Crippen LogP contribution >= 0.6 is 23.2 Å². The summed E-state index contributed by atoms with van der Waals surface area (Å²) in [6, 6.07) is 4.44. The van der Waals surface area contributed by atoms with Gasteiger partial charge in [-0.3, -0.25) is 0 Å². The summed E-state index contributed by atoms with van der Waals surface area (Å²) < 4.78 is 0. The van der Waals surface area contributed by atoms with E-state index in [9.17, 15) is 15.0 Å². The van der Waals surface area contributed by atoms with E-state index in [2.05, 4.69) is 0 Å². The summed E-state index contributed by atoms with van der Waals surface area (Å²) in [7, 11) is 0. The van der Waals surface area contributed by atoms with Crippen molar-refractivity contribution < 1.29 is 15.0 Å². The highest BCUT2D eigenvalue weighted by molar-refractivity contribution is 6.42. The minimum Gasteiger partial charge on any atom is -0.550 e. The first-order valence-electron chi connectivity index (χ1n) is 3.83. The molecule has 1 aromatic carbocycles. The van der Waals surface area contributed by atoms with Crippen LogP contribution in [0.1, 0.15) is 18.1 Å². The molecule has 0 fully saturated rings. The Hall–Kier alpha value is -0.770. The third-order valence-electron chi connectivity index (χ3n) is 1.69. The van der Waals surface area contributed by atoms with Crippen molar-refractivity contribution in [3.05, 3.63) is 33.8 Å². The van der Waals surface area contributed by atoms with Crippen molar-refractivity contribution in [2.75, 3.05) is 0 Å². The molecule has 1 aromatic rings. The first kappa shape index (κ1) is 11.3. The fraction of sp³-hybridized carbons (Fsp3) is 0.222. The second kappa shape index (κ2) is 4.64. The lowest BCUT2D eigenvalue weighted by Gasteiger charge is -2.11. The maximum atomic E-state index is 10.2. The van der Waals surface area contributed by atoms with Gasteiger partial charge in [0.05, 0.1) is 16.1 Å². The van der Waals surface area contributed by atoms with Gasteiger partial charge in [-0.15, -0.1) is 0 Å². The molecule has 3 nitrogen and oxygen atoms in total. The molecular formula is C9H7Cl2O3-. The first-order valence-corrected chi connectivity index (χ1v) is 4.59. The molecule has 0 aliphatic rings. The smallest absolute Gasteiger partial charge is 0.0842 e. The maximum absolute atomic E-state index is 10.2. The van der Waals surface area contributed by atoms with Crippen LogP contribution in [0.25, 0.3) is 0 Å². The first-order chi connectivity index (χ1) is 6.50. The lowest BCUT2D eigenvalue weighted by Crippen LogP contribution is -2.24. The number of rotatable bonds is 3. The van der Waals surface area contributed by atoms with Gasteiger partial charge >= 0.3 is 0 Å². The summed E-state index contributed by atoms with van der Waals surface area (Å²) in [5, 5.41) is 20.2. The SMILES string of the molecule is O=C([O-])CC(O)c1ccc(Cl)c(Cl)c1. The molecule has 0 amide bonds. The zero-order valence-corrected chi connectivity index (χ0v) is 8.55. The molecule has 0 radical (unpaired) electrons. The van der Waals surface area contributed by atoms with Crippen LogP contribution in [0.2, 0.25) is 10.0 Å². The second-order valence-electron chi connectivity index (χ2n) is 2.77. The summed E-state index contributed by atoms with van der Waals surface area (Å²) in [6.45, 7) is 0. The normalized spacial score (nSPS) is 12.5. The van der Waals surface area contributed by atoms with Crippen molar-refractivity contribution in [2.24, 2.45) is 0 Å². The van der Waals surface area contributed by atoms with E-state index in [-0.39, 0.29) is 5.02 Å². The summed E-state index contributed by atoms with van der Waals surface area (Å²) >= 11 is 11.3. The molecule has 0 aromatic heterocycles. The molecule has 0 saturated heterocycles. The number of hydrogen-bond donors (Lipinski definition) is 1. The van der Waals surface area contributed by atoms with Crippen molar-refractivity contribution in [1.82, 2.24) is 0 Å². The van der Waals surface area contributed by atoms with Gasteiger partial charge in [-0.05, 0) is 17.7 Å². The highest BCUT2D eigenvalue weighted by atomic mass is 35.5. The zero-order valence-electron chi connectivity index (χ0n) is 7.04. The molecule has 0 aliphatic carbocycles. The summed E-state index contributed by atoms with van der Waals surface area (Å²) in [5.41, 5.74) is 0.406. The Morgan fingerprint density at radius 1 is 1.43 bits per heavy atom.